The molecule has 0 radical (unpaired) electrons. The molecule has 0 spiro atoms. The monoisotopic (exact) mass is 420 g/mol. The number of carbonyl (C=O) groups is 1. The highest BCUT2D eigenvalue weighted by Gasteiger charge is 2.16. The number of carbonyl (C=O) groups excluding carboxylic acids is 1. The molecular weight excluding hydrogens is 407 g/mol. The van der Waals surface area contributed by atoms with Gasteiger partial charge in [-0.1, -0.05) is 40.5 Å². The Morgan fingerprint density at radius 2 is 1.96 bits per heavy atom. The number of thiazole rings is 1. The summed E-state index contributed by atoms with van der Waals surface area (Å²) < 4.78 is 12.9. The van der Waals surface area contributed by atoms with E-state index in [1.807, 2.05) is 0 Å². The topological polar surface area (TPSA) is 52.8 Å². The van der Waals surface area contributed by atoms with Crippen LogP contribution in [0.2, 0.25) is 10.0 Å². The predicted molar refractivity (Wildman–Crippen MR) is 108 cm³/mol. The second-order valence-electron chi connectivity index (χ2n) is 5.37. The Morgan fingerprint density at radius 3 is 2.63 bits per heavy atom. The van der Waals surface area contributed by atoms with Crippen molar-refractivity contribution in [3.8, 4) is 23.8 Å². The van der Waals surface area contributed by atoms with E-state index in [0.717, 1.165) is 0 Å². The van der Waals surface area contributed by atoms with Gasteiger partial charge in [0.1, 0.15) is 11.5 Å². The van der Waals surface area contributed by atoms with Gasteiger partial charge in [0.15, 0.2) is 4.80 Å². The molecule has 8 heteroatoms. The number of hydrogen-bond acceptors (Lipinski definition) is 4. The highest BCUT2D eigenvalue weighted by Crippen LogP contribution is 2.32. The lowest BCUT2D eigenvalue weighted by Gasteiger charge is -2.07. The zero-order valence-corrected chi connectivity index (χ0v) is 16.8. The summed E-state index contributed by atoms with van der Waals surface area (Å²) >= 11 is 13.8. The molecule has 3 aromatic rings. The van der Waals surface area contributed by atoms with Crippen molar-refractivity contribution in [1.82, 2.24) is 4.57 Å². The van der Waals surface area contributed by atoms with E-state index in [1.165, 1.54) is 25.6 Å². The Bertz CT molecular complexity index is 1140. The summed E-state index contributed by atoms with van der Waals surface area (Å²) in [6, 6.07) is 8.30. The van der Waals surface area contributed by atoms with Gasteiger partial charge >= 0.3 is 0 Å². The lowest BCUT2D eigenvalue weighted by Crippen LogP contribution is -2.17. The fraction of sp³-hybridized carbons (Fsp3) is 0.158. The zero-order valence-electron chi connectivity index (χ0n) is 14.5. The summed E-state index contributed by atoms with van der Waals surface area (Å²) in [6.45, 7) is 0.196. The standard InChI is InChI=1S/C19H14Cl2N2O3S/c1-4-9-23-16-13(20)6-7-14(21)17(16)27-19(23)22-18(24)12-10-11(25-2)5-8-15(12)26-3/h1,5-8,10H,9H2,2-3H3. The maximum absolute atomic E-state index is 12.8. The van der Waals surface area contributed by atoms with Crippen molar-refractivity contribution in [2.75, 3.05) is 14.2 Å². The molecule has 27 heavy (non-hydrogen) atoms. The largest absolute Gasteiger partial charge is 0.497 e. The molecule has 5 nitrogen and oxygen atoms in total. The Hall–Kier alpha value is -2.46. The van der Waals surface area contributed by atoms with Crippen LogP contribution in [0.25, 0.3) is 10.2 Å². The van der Waals surface area contributed by atoms with E-state index in [0.29, 0.717) is 36.6 Å². The van der Waals surface area contributed by atoms with Crippen LogP contribution in [0.1, 0.15) is 10.4 Å². The first-order valence-electron chi connectivity index (χ1n) is 7.72. The predicted octanol–water partition coefficient (Wildman–Crippen LogP) is 4.40. The Kier molecular flexibility index (Phi) is 5.76. The summed E-state index contributed by atoms with van der Waals surface area (Å²) in [5.41, 5.74) is 0.926. The molecule has 1 amide bonds. The van der Waals surface area contributed by atoms with E-state index in [-0.39, 0.29) is 12.1 Å². The molecule has 0 N–H and O–H groups in total. The number of aromatic nitrogens is 1. The molecule has 2 aromatic carbocycles. The maximum atomic E-state index is 12.8. The molecule has 0 fully saturated rings. The number of halogens is 2. The summed E-state index contributed by atoms with van der Waals surface area (Å²) in [4.78, 5) is 17.5. The quantitative estimate of drug-likeness (QED) is 0.587. The highest BCUT2D eigenvalue weighted by atomic mass is 35.5. The summed E-state index contributed by atoms with van der Waals surface area (Å²) in [5, 5.41) is 0.992. The average molecular weight is 421 g/mol. The summed E-state index contributed by atoms with van der Waals surface area (Å²) in [7, 11) is 3.00. The number of hydrogen-bond donors (Lipinski definition) is 0. The average Bonchev–Trinajstić information content (AvgIpc) is 3.04. The van der Waals surface area contributed by atoms with Crippen LogP contribution < -0.4 is 14.3 Å². The van der Waals surface area contributed by atoms with Gasteiger partial charge in [-0.15, -0.1) is 6.42 Å². The summed E-state index contributed by atoms with van der Waals surface area (Å²) in [5.74, 6) is 2.98. The van der Waals surface area contributed by atoms with Crippen LogP contribution >= 0.6 is 34.5 Å². The molecule has 0 aliphatic heterocycles. The third-order valence-electron chi connectivity index (χ3n) is 3.81. The van der Waals surface area contributed by atoms with Crippen molar-refractivity contribution in [1.29, 1.82) is 0 Å². The second-order valence-corrected chi connectivity index (χ2v) is 7.16. The van der Waals surface area contributed by atoms with Gasteiger partial charge in [-0.25, -0.2) is 0 Å². The number of benzene rings is 2. The van der Waals surface area contributed by atoms with Gasteiger partial charge in [0.2, 0.25) is 0 Å². The Balaban J connectivity index is 2.23. The Labute approximate surface area is 169 Å². The van der Waals surface area contributed by atoms with Gasteiger partial charge in [0.05, 0.1) is 46.6 Å². The highest BCUT2D eigenvalue weighted by molar-refractivity contribution is 7.17. The lowest BCUT2D eigenvalue weighted by atomic mass is 10.2. The summed E-state index contributed by atoms with van der Waals surface area (Å²) in [6.07, 6.45) is 5.49. The number of amides is 1. The first-order chi connectivity index (χ1) is 13.0. The van der Waals surface area contributed by atoms with Crippen molar-refractivity contribution in [3.63, 3.8) is 0 Å². The minimum atomic E-state index is -0.490. The van der Waals surface area contributed by atoms with Gasteiger partial charge in [0.25, 0.3) is 5.91 Å². The SMILES string of the molecule is C#CCn1c(=NC(=O)c2cc(OC)ccc2OC)sc2c(Cl)ccc(Cl)c21. The van der Waals surface area contributed by atoms with Gasteiger partial charge in [-0.2, -0.15) is 4.99 Å². The fourth-order valence-electron chi connectivity index (χ4n) is 2.56. The number of nitrogens with zero attached hydrogens (tertiary/aromatic N) is 2. The second kappa shape index (κ2) is 8.05. The van der Waals surface area contributed by atoms with Gasteiger partial charge in [-0.3, -0.25) is 4.79 Å². The first-order valence-corrected chi connectivity index (χ1v) is 9.29. The number of rotatable bonds is 4. The Morgan fingerprint density at radius 1 is 1.22 bits per heavy atom. The molecule has 0 saturated heterocycles. The minimum Gasteiger partial charge on any atom is -0.497 e. The molecule has 1 heterocycles. The fourth-order valence-corrected chi connectivity index (χ4v) is 4.21. The molecule has 1 aromatic heterocycles. The van der Waals surface area contributed by atoms with Crippen LogP contribution in [-0.2, 0) is 6.54 Å². The van der Waals surface area contributed by atoms with Crippen LogP contribution in [0.4, 0.5) is 0 Å². The van der Waals surface area contributed by atoms with Gasteiger partial charge < -0.3 is 14.0 Å². The van der Waals surface area contributed by atoms with Crippen LogP contribution in [0.5, 0.6) is 11.5 Å². The molecular formula is C19H14Cl2N2O3S. The van der Waals surface area contributed by atoms with Crippen molar-refractivity contribution in [2.45, 2.75) is 6.54 Å². The van der Waals surface area contributed by atoms with Crippen LogP contribution in [0.3, 0.4) is 0 Å². The molecule has 0 atom stereocenters. The number of methoxy groups -OCH3 is 2. The van der Waals surface area contributed by atoms with E-state index in [4.69, 9.17) is 39.1 Å². The third kappa shape index (κ3) is 3.67. The minimum absolute atomic E-state index is 0.196. The lowest BCUT2D eigenvalue weighted by molar-refractivity contribution is 0.0994. The van der Waals surface area contributed by atoms with E-state index in [1.54, 1.807) is 34.9 Å². The van der Waals surface area contributed by atoms with Crippen molar-refractivity contribution < 1.29 is 14.3 Å². The van der Waals surface area contributed by atoms with Gasteiger partial charge in [0, 0.05) is 0 Å². The van der Waals surface area contributed by atoms with Crippen molar-refractivity contribution in [2.24, 2.45) is 4.99 Å². The third-order valence-corrected chi connectivity index (χ3v) is 5.66. The number of terminal acetylenes is 1. The van der Waals surface area contributed by atoms with E-state index in [9.17, 15) is 4.79 Å². The van der Waals surface area contributed by atoms with E-state index in [2.05, 4.69) is 10.9 Å². The van der Waals surface area contributed by atoms with Gasteiger partial charge in [-0.05, 0) is 30.3 Å². The van der Waals surface area contributed by atoms with Crippen molar-refractivity contribution >= 4 is 50.7 Å². The number of ether oxygens (including phenoxy) is 2. The normalized spacial score (nSPS) is 11.4. The molecule has 0 bridgehead atoms. The first kappa shape index (κ1) is 19.3. The molecule has 0 unspecified atom stereocenters. The molecule has 138 valence electrons. The molecule has 0 aliphatic carbocycles. The van der Waals surface area contributed by atoms with E-state index < -0.39 is 5.91 Å². The maximum Gasteiger partial charge on any atom is 0.283 e. The van der Waals surface area contributed by atoms with Crippen LogP contribution in [-0.4, -0.2) is 24.7 Å². The van der Waals surface area contributed by atoms with Crippen molar-refractivity contribution in [3.05, 3.63) is 50.7 Å². The molecule has 0 aliphatic rings. The molecule has 3 rings (SSSR count). The van der Waals surface area contributed by atoms with Crippen LogP contribution in [0.15, 0.2) is 35.3 Å². The van der Waals surface area contributed by atoms with E-state index >= 15 is 0 Å². The number of fused-ring (bicyclic) bond motifs is 1. The zero-order chi connectivity index (χ0) is 19.6. The smallest absolute Gasteiger partial charge is 0.283 e. The molecule has 0 saturated carbocycles. The van der Waals surface area contributed by atoms with Crippen LogP contribution in [0, 0.1) is 12.3 Å².